The smallest absolute Gasteiger partial charge is 0.344 e. The summed E-state index contributed by atoms with van der Waals surface area (Å²) in [4.78, 5) is 34.5. The van der Waals surface area contributed by atoms with Gasteiger partial charge in [0.2, 0.25) is 0 Å². The summed E-state index contributed by atoms with van der Waals surface area (Å²) in [5, 5.41) is 13.4. The third-order valence-electron chi connectivity index (χ3n) is 4.11. The predicted molar refractivity (Wildman–Crippen MR) is 108 cm³/mol. The first-order valence-corrected chi connectivity index (χ1v) is 9.05. The van der Waals surface area contributed by atoms with Crippen LogP contribution >= 0.6 is 0 Å². The van der Waals surface area contributed by atoms with E-state index in [-0.39, 0.29) is 23.4 Å². The van der Waals surface area contributed by atoms with E-state index >= 15 is 0 Å². The maximum atomic E-state index is 12.2. The largest absolute Gasteiger partial charge is 0.482 e. The lowest BCUT2D eigenvalue weighted by molar-refractivity contribution is -0.383. The number of esters is 1. The number of nitro groups is 1. The van der Waals surface area contributed by atoms with Crippen LogP contribution in [-0.2, 0) is 19.7 Å². The summed E-state index contributed by atoms with van der Waals surface area (Å²) in [5.74, 6) is -0.899. The van der Waals surface area contributed by atoms with Gasteiger partial charge in [-0.15, -0.1) is 0 Å². The molecule has 1 N–H and O–H groups in total. The number of hydrogen-bond donors (Lipinski definition) is 1. The van der Waals surface area contributed by atoms with E-state index in [0.29, 0.717) is 5.75 Å². The van der Waals surface area contributed by atoms with Crippen LogP contribution in [0.5, 0.6) is 5.75 Å². The summed E-state index contributed by atoms with van der Waals surface area (Å²) in [5.41, 5.74) is 0.920. The number of nitro benzene ring substituents is 1. The lowest BCUT2D eigenvalue weighted by Gasteiger charge is -2.19. The zero-order valence-corrected chi connectivity index (χ0v) is 16.8. The van der Waals surface area contributed by atoms with Crippen molar-refractivity contribution in [3.63, 3.8) is 0 Å². The number of nitrogens with one attached hydrogen (secondary N) is 1. The van der Waals surface area contributed by atoms with E-state index in [4.69, 9.17) is 9.47 Å². The SMILES string of the molecule is C[C@H](OC(=O)COc1ccc(C(C)(C)C)cc1)C(=O)Nc1ccccc1[N+](=O)[O-]. The third-order valence-corrected chi connectivity index (χ3v) is 4.11. The van der Waals surface area contributed by atoms with E-state index < -0.39 is 22.9 Å². The van der Waals surface area contributed by atoms with Crippen molar-refractivity contribution in [2.45, 2.75) is 39.2 Å². The van der Waals surface area contributed by atoms with E-state index in [0.717, 1.165) is 5.56 Å². The van der Waals surface area contributed by atoms with Crippen molar-refractivity contribution in [2.75, 3.05) is 11.9 Å². The molecule has 154 valence electrons. The minimum absolute atomic E-state index is 0.00802. The van der Waals surface area contributed by atoms with E-state index in [2.05, 4.69) is 26.1 Å². The van der Waals surface area contributed by atoms with Crippen molar-refractivity contribution >= 4 is 23.3 Å². The molecule has 0 heterocycles. The highest BCUT2D eigenvalue weighted by Crippen LogP contribution is 2.25. The van der Waals surface area contributed by atoms with Crippen molar-refractivity contribution in [2.24, 2.45) is 0 Å². The number of anilines is 1. The number of hydrogen-bond acceptors (Lipinski definition) is 6. The molecule has 2 aromatic rings. The molecule has 0 aromatic heterocycles. The predicted octanol–water partition coefficient (Wildman–Crippen LogP) is 3.84. The lowest BCUT2D eigenvalue weighted by Crippen LogP contribution is -2.31. The van der Waals surface area contributed by atoms with Crippen LogP contribution in [0.1, 0.15) is 33.3 Å². The van der Waals surface area contributed by atoms with Crippen molar-refractivity contribution in [1.29, 1.82) is 0 Å². The van der Waals surface area contributed by atoms with Gasteiger partial charge in [0.1, 0.15) is 11.4 Å². The van der Waals surface area contributed by atoms with E-state index in [1.807, 2.05) is 12.1 Å². The Morgan fingerprint density at radius 1 is 1.10 bits per heavy atom. The number of carbonyl (C=O) groups is 2. The summed E-state index contributed by atoms with van der Waals surface area (Å²) in [6.07, 6.45) is -1.14. The molecule has 0 aliphatic carbocycles. The summed E-state index contributed by atoms with van der Waals surface area (Å²) in [6, 6.07) is 13.1. The molecule has 29 heavy (non-hydrogen) atoms. The molecule has 0 fully saturated rings. The van der Waals surface area contributed by atoms with Gasteiger partial charge in [-0.3, -0.25) is 14.9 Å². The molecule has 0 spiro atoms. The number of rotatable bonds is 7. The van der Waals surface area contributed by atoms with Gasteiger partial charge in [0.15, 0.2) is 12.7 Å². The van der Waals surface area contributed by atoms with Crippen LogP contribution in [0.25, 0.3) is 0 Å². The Kier molecular flexibility index (Phi) is 6.93. The minimum atomic E-state index is -1.14. The van der Waals surface area contributed by atoms with E-state index in [1.54, 1.807) is 18.2 Å². The summed E-state index contributed by atoms with van der Waals surface area (Å²) < 4.78 is 10.4. The Hall–Kier alpha value is -3.42. The molecule has 0 bridgehead atoms. The second-order valence-electron chi connectivity index (χ2n) is 7.46. The monoisotopic (exact) mass is 400 g/mol. The second-order valence-corrected chi connectivity index (χ2v) is 7.46. The van der Waals surface area contributed by atoms with Crippen LogP contribution in [0.3, 0.4) is 0 Å². The minimum Gasteiger partial charge on any atom is -0.482 e. The average molecular weight is 400 g/mol. The van der Waals surface area contributed by atoms with Crippen LogP contribution in [0.4, 0.5) is 11.4 Å². The standard InChI is InChI=1S/C21H24N2O6/c1-14(20(25)22-17-7-5-6-8-18(17)23(26)27)29-19(24)13-28-16-11-9-15(10-12-16)21(2,3)4/h5-12,14H,13H2,1-4H3,(H,22,25)/t14-/m0/s1. The zero-order chi connectivity index (χ0) is 21.6. The fourth-order valence-electron chi connectivity index (χ4n) is 2.45. The summed E-state index contributed by atoms with van der Waals surface area (Å²) in [6.45, 7) is 7.29. The quantitative estimate of drug-likeness (QED) is 0.430. The molecular formula is C21H24N2O6. The second kappa shape index (κ2) is 9.18. The van der Waals surface area contributed by atoms with Crippen molar-refractivity contribution in [3.8, 4) is 5.75 Å². The summed E-state index contributed by atoms with van der Waals surface area (Å²) in [7, 11) is 0. The molecule has 2 rings (SSSR count). The van der Waals surface area contributed by atoms with Gasteiger partial charge >= 0.3 is 5.97 Å². The first kappa shape index (κ1) is 21.9. The highest BCUT2D eigenvalue weighted by molar-refractivity contribution is 5.96. The summed E-state index contributed by atoms with van der Waals surface area (Å²) >= 11 is 0. The van der Waals surface area contributed by atoms with Gasteiger partial charge in [-0.25, -0.2) is 4.79 Å². The average Bonchev–Trinajstić information content (AvgIpc) is 2.66. The Balaban J connectivity index is 1.87. The van der Waals surface area contributed by atoms with Gasteiger partial charge in [0.05, 0.1) is 4.92 Å². The Morgan fingerprint density at radius 2 is 1.72 bits per heavy atom. The molecule has 0 aliphatic rings. The molecule has 0 saturated heterocycles. The van der Waals surface area contributed by atoms with Crippen molar-refractivity contribution < 1.29 is 24.0 Å². The number of amides is 1. The number of nitrogens with zero attached hydrogens (tertiary/aromatic N) is 1. The van der Waals surface area contributed by atoms with Crippen LogP contribution in [0.15, 0.2) is 48.5 Å². The van der Waals surface area contributed by atoms with Gasteiger partial charge in [-0.2, -0.15) is 0 Å². The normalized spacial score (nSPS) is 12.0. The maximum absolute atomic E-state index is 12.2. The van der Waals surface area contributed by atoms with Gasteiger partial charge in [0.25, 0.3) is 11.6 Å². The highest BCUT2D eigenvalue weighted by atomic mass is 16.6. The molecule has 1 amide bonds. The maximum Gasteiger partial charge on any atom is 0.344 e. The van der Waals surface area contributed by atoms with E-state index in [1.165, 1.54) is 25.1 Å². The molecular weight excluding hydrogens is 376 g/mol. The Labute approximate surface area is 169 Å². The highest BCUT2D eigenvalue weighted by Gasteiger charge is 2.22. The van der Waals surface area contributed by atoms with Crippen LogP contribution in [-0.4, -0.2) is 29.5 Å². The van der Waals surface area contributed by atoms with Gasteiger partial charge < -0.3 is 14.8 Å². The van der Waals surface area contributed by atoms with Gasteiger partial charge in [-0.1, -0.05) is 45.0 Å². The Bertz CT molecular complexity index is 887. The third kappa shape index (κ3) is 6.31. The lowest BCUT2D eigenvalue weighted by atomic mass is 9.87. The number of benzene rings is 2. The molecule has 0 aliphatic heterocycles. The van der Waals surface area contributed by atoms with Gasteiger partial charge in [0, 0.05) is 6.07 Å². The van der Waals surface area contributed by atoms with E-state index in [9.17, 15) is 19.7 Å². The molecule has 1 atom stereocenters. The van der Waals surface area contributed by atoms with Crippen LogP contribution in [0.2, 0.25) is 0 Å². The fourth-order valence-corrected chi connectivity index (χ4v) is 2.45. The fraction of sp³-hybridized carbons (Fsp3) is 0.333. The topological polar surface area (TPSA) is 108 Å². The molecule has 2 aromatic carbocycles. The van der Waals surface area contributed by atoms with Gasteiger partial charge in [-0.05, 0) is 36.1 Å². The number of para-hydroxylation sites is 2. The molecule has 8 nitrogen and oxygen atoms in total. The molecule has 0 saturated carbocycles. The van der Waals surface area contributed by atoms with Crippen LogP contribution in [0, 0.1) is 10.1 Å². The molecule has 0 radical (unpaired) electrons. The first-order chi connectivity index (χ1) is 13.6. The number of ether oxygens (including phenoxy) is 2. The van der Waals surface area contributed by atoms with Crippen molar-refractivity contribution in [3.05, 3.63) is 64.2 Å². The molecule has 0 unspecified atom stereocenters. The first-order valence-electron chi connectivity index (χ1n) is 9.05. The van der Waals surface area contributed by atoms with Crippen molar-refractivity contribution in [1.82, 2.24) is 0 Å². The van der Waals surface area contributed by atoms with Crippen LogP contribution < -0.4 is 10.1 Å². The number of carbonyl (C=O) groups excluding carboxylic acids is 2. The molecule has 8 heteroatoms. The zero-order valence-electron chi connectivity index (χ0n) is 16.8. The Morgan fingerprint density at radius 3 is 2.31 bits per heavy atom.